The summed E-state index contributed by atoms with van der Waals surface area (Å²) in [6, 6.07) is 24.0. The summed E-state index contributed by atoms with van der Waals surface area (Å²) < 4.78 is 0. The van der Waals surface area contributed by atoms with Gasteiger partial charge in [0.05, 0.1) is 17.2 Å². The van der Waals surface area contributed by atoms with Crippen molar-refractivity contribution >= 4 is 28.0 Å². The number of nitrogens with zero attached hydrogens (tertiary/aromatic N) is 1. The lowest BCUT2D eigenvalue weighted by atomic mass is 10.0. The fourth-order valence-corrected chi connectivity index (χ4v) is 3.80. The Morgan fingerprint density at radius 1 is 0.923 bits per heavy atom. The predicted molar refractivity (Wildman–Crippen MR) is 106 cm³/mol. The smallest absolute Gasteiger partial charge is 0.252 e. The van der Waals surface area contributed by atoms with E-state index in [0.717, 1.165) is 27.9 Å². The Morgan fingerprint density at radius 2 is 1.69 bits per heavy atom. The van der Waals surface area contributed by atoms with E-state index < -0.39 is 0 Å². The molecule has 128 valence electrons. The second-order valence-electron chi connectivity index (χ2n) is 6.10. The number of nitrogens with one attached hydrogen (secondary N) is 1. The van der Waals surface area contributed by atoms with E-state index in [1.807, 2.05) is 66.0 Å². The lowest BCUT2D eigenvalue weighted by Crippen LogP contribution is -2.23. The summed E-state index contributed by atoms with van der Waals surface area (Å²) in [5.74, 6) is -0.0700. The van der Waals surface area contributed by atoms with Gasteiger partial charge >= 0.3 is 0 Å². The standard InChI is InChI=1S/C22H18N2OS/c25-22(20-12-6-10-17-9-4-5-11-19(17)20)23-14-18-15-26-21(24-18)13-16-7-2-1-3-8-16/h1-12,15H,13-14H2,(H,23,25). The normalized spacial score (nSPS) is 10.8. The maximum absolute atomic E-state index is 12.6. The van der Waals surface area contributed by atoms with Crippen molar-refractivity contribution in [2.45, 2.75) is 13.0 Å². The van der Waals surface area contributed by atoms with Gasteiger partial charge in [-0.15, -0.1) is 11.3 Å². The number of aromatic nitrogens is 1. The van der Waals surface area contributed by atoms with Gasteiger partial charge in [-0.1, -0.05) is 66.7 Å². The molecule has 26 heavy (non-hydrogen) atoms. The fourth-order valence-electron chi connectivity index (χ4n) is 2.97. The molecule has 4 rings (SSSR count). The van der Waals surface area contributed by atoms with Gasteiger partial charge < -0.3 is 5.32 Å². The molecule has 0 radical (unpaired) electrons. The molecule has 0 aliphatic heterocycles. The summed E-state index contributed by atoms with van der Waals surface area (Å²) >= 11 is 1.63. The summed E-state index contributed by atoms with van der Waals surface area (Å²) in [5.41, 5.74) is 2.84. The quantitative estimate of drug-likeness (QED) is 0.556. The third-order valence-corrected chi connectivity index (χ3v) is 5.16. The Morgan fingerprint density at radius 3 is 2.58 bits per heavy atom. The molecule has 1 aromatic heterocycles. The maximum Gasteiger partial charge on any atom is 0.252 e. The first-order chi connectivity index (χ1) is 12.8. The van der Waals surface area contributed by atoms with Crippen molar-refractivity contribution in [1.82, 2.24) is 10.3 Å². The molecule has 3 nitrogen and oxygen atoms in total. The zero-order chi connectivity index (χ0) is 17.8. The highest BCUT2D eigenvalue weighted by atomic mass is 32.1. The molecular weight excluding hydrogens is 340 g/mol. The predicted octanol–water partition coefficient (Wildman–Crippen LogP) is 4.82. The van der Waals surface area contributed by atoms with Crippen LogP contribution in [0.4, 0.5) is 0 Å². The average Bonchev–Trinajstić information content (AvgIpc) is 3.14. The first kappa shape index (κ1) is 16.5. The number of amides is 1. The molecular formula is C22H18N2OS. The second-order valence-corrected chi connectivity index (χ2v) is 7.05. The highest BCUT2D eigenvalue weighted by molar-refractivity contribution is 7.09. The molecule has 0 aliphatic carbocycles. The van der Waals surface area contributed by atoms with Crippen LogP contribution in [0, 0.1) is 0 Å². The summed E-state index contributed by atoms with van der Waals surface area (Å²) in [7, 11) is 0. The van der Waals surface area contributed by atoms with Crippen molar-refractivity contribution in [2.75, 3.05) is 0 Å². The number of benzene rings is 3. The monoisotopic (exact) mass is 358 g/mol. The van der Waals surface area contributed by atoms with Crippen LogP contribution in [0.1, 0.15) is 26.6 Å². The van der Waals surface area contributed by atoms with Gasteiger partial charge in [0.2, 0.25) is 0 Å². The van der Waals surface area contributed by atoms with Crippen LogP contribution in [0.15, 0.2) is 78.2 Å². The van der Waals surface area contributed by atoms with Crippen molar-refractivity contribution in [1.29, 1.82) is 0 Å². The topological polar surface area (TPSA) is 42.0 Å². The van der Waals surface area contributed by atoms with E-state index in [-0.39, 0.29) is 5.91 Å². The Kier molecular flexibility index (Phi) is 4.75. The van der Waals surface area contributed by atoms with Crippen molar-refractivity contribution in [2.24, 2.45) is 0 Å². The molecule has 4 heteroatoms. The molecule has 0 saturated carbocycles. The zero-order valence-electron chi connectivity index (χ0n) is 14.2. The first-order valence-electron chi connectivity index (χ1n) is 8.53. The van der Waals surface area contributed by atoms with Gasteiger partial charge in [-0.05, 0) is 22.4 Å². The molecule has 1 heterocycles. The number of fused-ring (bicyclic) bond motifs is 1. The molecule has 1 N–H and O–H groups in total. The third kappa shape index (κ3) is 3.65. The van der Waals surface area contributed by atoms with Gasteiger partial charge in [0, 0.05) is 17.4 Å². The first-order valence-corrected chi connectivity index (χ1v) is 9.41. The van der Waals surface area contributed by atoms with Crippen LogP contribution in [0.3, 0.4) is 0 Å². The highest BCUT2D eigenvalue weighted by Gasteiger charge is 2.10. The summed E-state index contributed by atoms with van der Waals surface area (Å²) in [5, 5.41) is 8.10. The van der Waals surface area contributed by atoms with Crippen LogP contribution in [0.2, 0.25) is 0 Å². The van der Waals surface area contributed by atoms with Gasteiger partial charge in [-0.25, -0.2) is 4.98 Å². The van der Waals surface area contributed by atoms with E-state index in [9.17, 15) is 4.79 Å². The lowest BCUT2D eigenvalue weighted by molar-refractivity contribution is 0.0952. The molecule has 0 bridgehead atoms. The van der Waals surface area contributed by atoms with E-state index in [2.05, 4.69) is 22.4 Å². The molecule has 0 saturated heterocycles. The zero-order valence-corrected chi connectivity index (χ0v) is 15.0. The fraction of sp³-hybridized carbons (Fsp3) is 0.0909. The van der Waals surface area contributed by atoms with Crippen LogP contribution in [0.5, 0.6) is 0 Å². The summed E-state index contributed by atoms with van der Waals surface area (Å²) in [6.45, 7) is 0.438. The van der Waals surface area contributed by atoms with E-state index in [0.29, 0.717) is 12.1 Å². The van der Waals surface area contributed by atoms with Crippen LogP contribution in [-0.4, -0.2) is 10.9 Å². The average molecular weight is 358 g/mol. The van der Waals surface area contributed by atoms with Crippen molar-refractivity contribution in [3.05, 3.63) is 100 Å². The van der Waals surface area contributed by atoms with Gasteiger partial charge in [-0.2, -0.15) is 0 Å². The Labute approximate surface area is 156 Å². The minimum Gasteiger partial charge on any atom is -0.346 e. The molecule has 0 spiro atoms. The van der Waals surface area contributed by atoms with Crippen molar-refractivity contribution < 1.29 is 4.79 Å². The molecule has 0 unspecified atom stereocenters. The number of thiazole rings is 1. The number of hydrogen-bond acceptors (Lipinski definition) is 3. The minimum absolute atomic E-state index is 0.0700. The molecule has 1 amide bonds. The molecule has 0 atom stereocenters. The Bertz CT molecular complexity index is 1030. The number of rotatable bonds is 5. The number of carbonyl (C=O) groups is 1. The van der Waals surface area contributed by atoms with E-state index in [1.165, 1.54) is 5.56 Å². The molecule has 3 aromatic carbocycles. The molecule has 4 aromatic rings. The lowest BCUT2D eigenvalue weighted by Gasteiger charge is -2.07. The van der Waals surface area contributed by atoms with Crippen LogP contribution >= 0.6 is 11.3 Å². The van der Waals surface area contributed by atoms with Gasteiger partial charge in [0.1, 0.15) is 0 Å². The van der Waals surface area contributed by atoms with Gasteiger partial charge in [-0.3, -0.25) is 4.79 Å². The van der Waals surface area contributed by atoms with Gasteiger partial charge in [0.25, 0.3) is 5.91 Å². The summed E-state index contributed by atoms with van der Waals surface area (Å²) in [6.07, 6.45) is 0.822. The SMILES string of the molecule is O=C(NCc1csc(Cc2ccccc2)n1)c1cccc2ccccc12. The van der Waals surface area contributed by atoms with Crippen LogP contribution in [-0.2, 0) is 13.0 Å². The van der Waals surface area contributed by atoms with Crippen LogP contribution < -0.4 is 5.32 Å². The third-order valence-electron chi connectivity index (χ3n) is 4.26. The van der Waals surface area contributed by atoms with Crippen LogP contribution in [0.25, 0.3) is 10.8 Å². The molecule has 0 fully saturated rings. The van der Waals surface area contributed by atoms with Crippen molar-refractivity contribution in [3.63, 3.8) is 0 Å². The van der Waals surface area contributed by atoms with E-state index in [4.69, 9.17) is 0 Å². The Hall–Kier alpha value is -2.98. The molecule has 0 aliphatic rings. The van der Waals surface area contributed by atoms with E-state index >= 15 is 0 Å². The largest absolute Gasteiger partial charge is 0.346 e. The van der Waals surface area contributed by atoms with E-state index in [1.54, 1.807) is 11.3 Å². The second kappa shape index (κ2) is 7.50. The minimum atomic E-state index is -0.0700. The van der Waals surface area contributed by atoms with Crippen molar-refractivity contribution in [3.8, 4) is 0 Å². The number of carbonyl (C=O) groups excluding carboxylic acids is 1. The van der Waals surface area contributed by atoms with Gasteiger partial charge in [0.15, 0.2) is 0 Å². The maximum atomic E-state index is 12.6. The number of hydrogen-bond donors (Lipinski definition) is 1. The summed E-state index contributed by atoms with van der Waals surface area (Å²) in [4.78, 5) is 17.2. The highest BCUT2D eigenvalue weighted by Crippen LogP contribution is 2.19. The Balaban J connectivity index is 1.43.